The summed E-state index contributed by atoms with van der Waals surface area (Å²) >= 11 is 0. The molecule has 2 aliphatic carbocycles. The lowest BCUT2D eigenvalue weighted by molar-refractivity contribution is -0.176. The van der Waals surface area contributed by atoms with Crippen LogP contribution in [-0.2, 0) is 19.1 Å². The normalized spacial score (nSPS) is 41.1. The molecule has 0 amide bonds. The maximum Gasteiger partial charge on any atom is 0.308 e. The molecule has 3 aliphatic rings. The summed E-state index contributed by atoms with van der Waals surface area (Å²) in [7, 11) is 0. The van der Waals surface area contributed by atoms with Gasteiger partial charge in [0.2, 0.25) is 0 Å². The number of carbonyl (C=O) groups is 2. The maximum absolute atomic E-state index is 12.7. The highest BCUT2D eigenvalue weighted by molar-refractivity contribution is 5.72. The molecule has 8 unspecified atom stereocenters. The van der Waals surface area contributed by atoms with Gasteiger partial charge in [-0.05, 0) is 55.9 Å². The van der Waals surface area contributed by atoms with Gasteiger partial charge in [0.1, 0.15) is 11.7 Å². The molecule has 174 valence electrons. The molecular weight excluding hydrogens is 392 g/mol. The van der Waals surface area contributed by atoms with Crippen LogP contribution in [0, 0.1) is 29.1 Å². The molecule has 1 N–H and O–H groups in total. The van der Waals surface area contributed by atoms with Crippen LogP contribution in [-0.4, -0.2) is 34.9 Å². The number of fused-ring (bicyclic) bond motifs is 1. The first-order chi connectivity index (χ1) is 14.5. The molecule has 8 atom stereocenters. The standard InChI is InChI=1S/C26H40O5/c1-7-17(3)24(29)30-22-13-16(2)12-19-9-8-18(4)21(26(19,22)6)10-11-25(5)15-20(27)14-23(28)31-25/h8-9,12,16-18,20-22,27H,7,10-11,13-15H2,1-6H3. The van der Waals surface area contributed by atoms with Gasteiger partial charge in [0.25, 0.3) is 0 Å². The van der Waals surface area contributed by atoms with Crippen molar-refractivity contribution in [1.82, 2.24) is 0 Å². The molecule has 1 saturated heterocycles. The van der Waals surface area contributed by atoms with Crippen LogP contribution in [0.25, 0.3) is 0 Å². The number of aliphatic hydroxyl groups is 1. The Morgan fingerprint density at radius 3 is 2.71 bits per heavy atom. The van der Waals surface area contributed by atoms with Crippen LogP contribution in [0.1, 0.15) is 80.1 Å². The van der Waals surface area contributed by atoms with Crippen molar-refractivity contribution in [3.8, 4) is 0 Å². The SMILES string of the molecule is CCC(C)C(=O)OC1CC(C)C=C2C=CC(C)C(CCC3(C)CC(O)CC(=O)O3)C21C. The van der Waals surface area contributed by atoms with Crippen LogP contribution < -0.4 is 0 Å². The summed E-state index contributed by atoms with van der Waals surface area (Å²) in [6.45, 7) is 12.5. The Morgan fingerprint density at radius 1 is 1.35 bits per heavy atom. The van der Waals surface area contributed by atoms with Crippen molar-refractivity contribution in [2.75, 3.05) is 0 Å². The largest absolute Gasteiger partial charge is 0.461 e. The van der Waals surface area contributed by atoms with Crippen LogP contribution in [0.2, 0.25) is 0 Å². The topological polar surface area (TPSA) is 72.8 Å². The highest BCUT2D eigenvalue weighted by atomic mass is 16.6. The molecule has 0 bridgehead atoms. The molecule has 1 heterocycles. The maximum atomic E-state index is 12.7. The second-order valence-electron chi connectivity index (χ2n) is 10.7. The minimum Gasteiger partial charge on any atom is -0.461 e. The number of hydrogen-bond donors (Lipinski definition) is 1. The molecular formula is C26H40O5. The first-order valence-corrected chi connectivity index (χ1v) is 12.0. The highest BCUT2D eigenvalue weighted by Crippen LogP contribution is 2.54. The van der Waals surface area contributed by atoms with E-state index < -0.39 is 11.7 Å². The fraction of sp³-hybridized carbons (Fsp3) is 0.769. The van der Waals surface area contributed by atoms with Crippen molar-refractivity contribution < 1.29 is 24.2 Å². The van der Waals surface area contributed by atoms with Gasteiger partial charge in [-0.3, -0.25) is 9.59 Å². The predicted octanol–water partition coefficient (Wildman–Crippen LogP) is 4.98. The lowest BCUT2D eigenvalue weighted by Gasteiger charge is -2.52. The van der Waals surface area contributed by atoms with Crippen LogP contribution >= 0.6 is 0 Å². The summed E-state index contributed by atoms with van der Waals surface area (Å²) in [5, 5.41) is 10.1. The summed E-state index contributed by atoms with van der Waals surface area (Å²) in [6.07, 6.45) is 9.65. The van der Waals surface area contributed by atoms with Crippen molar-refractivity contribution in [3.63, 3.8) is 0 Å². The Kier molecular flexibility index (Phi) is 7.05. The highest BCUT2D eigenvalue weighted by Gasteiger charge is 2.52. The van der Waals surface area contributed by atoms with E-state index in [1.54, 1.807) is 0 Å². The van der Waals surface area contributed by atoms with Crippen LogP contribution in [0.3, 0.4) is 0 Å². The van der Waals surface area contributed by atoms with E-state index in [0.717, 1.165) is 19.3 Å². The number of allylic oxidation sites excluding steroid dienone is 3. The van der Waals surface area contributed by atoms with Gasteiger partial charge in [-0.25, -0.2) is 0 Å². The molecule has 1 fully saturated rings. The minimum absolute atomic E-state index is 0.0777. The quantitative estimate of drug-likeness (QED) is 0.600. The van der Waals surface area contributed by atoms with Gasteiger partial charge in [0.05, 0.1) is 18.4 Å². The van der Waals surface area contributed by atoms with E-state index in [0.29, 0.717) is 24.7 Å². The van der Waals surface area contributed by atoms with E-state index in [9.17, 15) is 14.7 Å². The Balaban J connectivity index is 1.86. The van der Waals surface area contributed by atoms with Crippen LogP contribution in [0.5, 0.6) is 0 Å². The molecule has 5 nitrogen and oxygen atoms in total. The van der Waals surface area contributed by atoms with E-state index in [1.165, 1.54) is 5.57 Å². The smallest absolute Gasteiger partial charge is 0.308 e. The molecule has 0 spiro atoms. The number of hydrogen-bond acceptors (Lipinski definition) is 5. The third-order valence-electron chi connectivity index (χ3n) is 8.01. The average molecular weight is 433 g/mol. The third-order valence-corrected chi connectivity index (χ3v) is 8.01. The fourth-order valence-electron chi connectivity index (χ4n) is 5.84. The number of carbonyl (C=O) groups excluding carboxylic acids is 2. The fourth-order valence-corrected chi connectivity index (χ4v) is 5.84. The lowest BCUT2D eigenvalue weighted by Crippen LogP contribution is -2.50. The first-order valence-electron chi connectivity index (χ1n) is 12.0. The number of rotatable bonds is 6. The summed E-state index contributed by atoms with van der Waals surface area (Å²) in [6, 6.07) is 0. The van der Waals surface area contributed by atoms with Crippen LogP contribution in [0.15, 0.2) is 23.8 Å². The van der Waals surface area contributed by atoms with E-state index in [-0.39, 0.29) is 41.7 Å². The molecule has 31 heavy (non-hydrogen) atoms. The minimum atomic E-state index is -0.652. The Labute approximate surface area is 187 Å². The Morgan fingerprint density at radius 2 is 2.06 bits per heavy atom. The summed E-state index contributed by atoms with van der Waals surface area (Å²) in [5.74, 6) is 0.374. The summed E-state index contributed by atoms with van der Waals surface area (Å²) in [5.41, 5.74) is 0.320. The monoisotopic (exact) mass is 432 g/mol. The lowest BCUT2D eigenvalue weighted by atomic mass is 9.55. The zero-order chi connectivity index (χ0) is 23.0. The van der Waals surface area contributed by atoms with Gasteiger partial charge in [0.15, 0.2) is 0 Å². The Hall–Kier alpha value is -1.62. The van der Waals surface area contributed by atoms with Gasteiger partial charge in [-0.2, -0.15) is 0 Å². The number of ether oxygens (including phenoxy) is 2. The second kappa shape index (κ2) is 9.09. The molecule has 0 aromatic heterocycles. The Bertz CT molecular complexity index is 755. The van der Waals surface area contributed by atoms with Gasteiger partial charge in [-0.1, -0.05) is 52.8 Å². The van der Waals surface area contributed by atoms with Crippen molar-refractivity contribution >= 4 is 11.9 Å². The molecule has 0 saturated carbocycles. The second-order valence-corrected chi connectivity index (χ2v) is 10.7. The molecule has 3 rings (SSSR count). The predicted molar refractivity (Wildman–Crippen MR) is 120 cm³/mol. The molecule has 0 aromatic carbocycles. The van der Waals surface area contributed by atoms with Crippen LogP contribution in [0.4, 0.5) is 0 Å². The van der Waals surface area contributed by atoms with Gasteiger partial charge in [-0.15, -0.1) is 0 Å². The molecule has 1 aliphatic heterocycles. The first kappa shape index (κ1) is 24.0. The summed E-state index contributed by atoms with van der Waals surface area (Å²) in [4.78, 5) is 24.7. The van der Waals surface area contributed by atoms with E-state index in [4.69, 9.17) is 9.47 Å². The molecule has 0 radical (unpaired) electrons. The summed E-state index contributed by atoms with van der Waals surface area (Å²) < 4.78 is 11.9. The van der Waals surface area contributed by atoms with Crippen molar-refractivity contribution in [3.05, 3.63) is 23.8 Å². The van der Waals surface area contributed by atoms with Gasteiger partial charge < -0.3 is 14.6 Å². The van der Waals surface area contributed by atoms with Gasteiger partial charge in [0, 0.05) is 11.8 Å². The number of cyclic esters (lactones) is 1. The van der Waals surface area contributed by atoms with Crippen molar-refractivity contribution in [2.45, 2.75) is 97.9 Å². The van der Waals surface area contributed by atoms with E-state index in [2.05, 4.69) is 39.0 Å². The average Bonchev–Trinajstić information content (AvgIpc) is 2.67. The zero-order valence-electron chi connectivity index (χ0n) is 20.0. The number of aliphatic hydroxyl groups excluding tert-OH is 1. The number of esters is 2. The van der Waals surface area contributed by atoms with Gasteiger partial charge >= 0.3 is 11.9 Å². The zero-order valence-corrected chi connectivity index (χ0v) is 20.0. The third kappa shape index (κ3) is 4.92. The van der Waals surface area contributed by atoms with E-state index >= 15 is 0 Å². The van der Waals surface area contributed by atoms with E-state index in [1.807, 2.05) is 20.8 Å². The van der Waals surface area contributed by atoms with Crippen molar-refractivity contribution in [2.24, 2.45) is 29.1 Å². The molecule has 0 aromatic rings. The molecule has 5 heteroatoms. The van der Waals surface area contributed by atoms with Crippen molar-refractivity contribution in [1.29, 1.82) is 0 Å².